The van der Waals surface area contributed by atoms with Crippen molar-refractivity contribution in [3.8, 4) is 0 Å². The average molecular weight is 340 g/mol. The second-order valence-electron chi connectivity index (χ2n) is 4.23. The van der Waals surface area contributed by atoms with E-state index in [-0.39, 0.29) is 11.9 Å². The first kappa shape index (κ1) is 14.1. The van der Waals surface area contributed by atoms with E-state index in [1.807, 2.05) is 30.5 Å². The number of rotatable bonds is 4. The number of halogens is 1. The van der Waals surface area contributed by atoms with Gasteiger partial charge >= 0.3 is 5.97 Å². The zero-order chi connectivity index (χ0) is 13.8. The van der Waals surface area contributed by atoms with Gasteiger partial charge in [-0.15, -0.1) is 11.3 Å². The van der Waals surface area contributed by atoms with Crippen LogP contribution in [0.1, 0.15) is 23.3 Å². The molecule has 5 heteroatoms. The van der Waals surface area contributed by atoms with Crippen LogP contribution < -0.4 is 5.73 Å². The lowest BCUT2D eigenvalue weighted by Gasteiger charge is -2.11. The number of nitrogen functional groups attached to an aromatic ring is 1. The fourth-order valence-corrected chi connectivity index (χ4v) is 3.02. The standard InChI is InChI=1S/C14H14BrNO2S/c1-9(10-3-2-4-12(16)5-10)14(17)18-7-13-6-11(15)8-19-13/h2-6,8-9H,7,16H2,1H3. The Bertz CT molecular complexity index is 582. The summed E-state index contributed by atoms with van der Waals surface area (Å²) >= 11 is 4.93. The van der Waals surface area contributed by atoms with E-state index in [4.69, 9.17) is 10.5 Å². The highest BCUT2D eigenvalue weighted by atomic mass is 79.9. The Kier molecular flexibility index (Phi) is 4.61. The number of thiophene rings is 1. The number of benzene rings is 1. The molecule has 2 rings (SSSR count). The maximum Gasteiger partial charge on any atom is 0.313 e. The summed E-state index contributed by atoms with van der Waals surface area (Å²) in [6, 6.07) is 9.26. The SMILES string of the molecule is CC(C(=O)OCc1cc(Br)cs1)c1cccc(N)c1. The third-order valence-corrected chi connectivity index (χ3v) is 4.41. The first-order valence-corrected chi connectivity index (χ1v) is 7.48. The molecule has 1 unspecified atom stereocenters. The van der Waals surface area contributed by atoms with E-state index in [9.17, 15) is 4.79 Å². The molecule has 0 saturated heterocycles. The van der Waals surface area contributed by atoms with Crippen LogP contribution in [0, 0.1) is 0 Å². The van der Waals surface area contributed by atoms with Crippen molar-refractivity contribution < 1.29 is 9.53 Å². The lowest BCUT2D eigenvalue weighted by molar-refractivity contribution is -0.146. The van der Waals surface area contributed by atoms with E-state index in [1.165, 1.54) is 0 Å². The normalized spacial score (nSPS) is 12.1. The van der Waals surface area contributed by atoms with E-state index < -0.39 is 0 Å². The van der Waals surface area contributed by atoms with Crippen LogP contribution in [0.5, 0.6) is 0 Å². The number of esters is 1. The van der Waals surface area contributed by atoms with Crippen LogP contribution >= 0.6 is 27.3 Å². The third kappa shape index (κ3) is 3.81. The van der Waals surface area contributed by atoms with E-state index in [0.717, 1.165) is 14.9 Å². The minimum absolute atomic E-state index is 0.241. The predicted octanol–water partition coefficient (Wildman–Crippen LogP) is 3.94. The Balaban J connectivity index is 1.96. The molecule has 2 N–H and O–H groups in total. The number of hydrogen-bond donors (Lipinski definition) is 1. The first-order chi connectivity index (χ1) is 9.06. The van der Waals surface area contributed by atoms with Crippen molar-refractivity contribution in [1.29, 1.82) is 0 Å². The van der Waals surface area contributed by atoms with Gasteiger partial charge in [0.25, 0.3) is 0 Å². The Morgan fingerprint density at radius 1 is 1.47 bits per heavy atom. The van der Waals surface area contributed by atoms with E-state index in [2.05, 4.69) is 15.9 Å². The van der Waals surface area contributed by atoms with Gasteiger partial charge in [-0.1, -0.05) is 12.1 Å². The molecule has 0 spiro atoms. The highest BCUT2D eigenvalue weighted by Gasteiger charge is 2.17. The maximum atomic E-state index is 12.0. The summed E-state index contributed by atoms with van der Waals surface area (Å²) in [4.78, 5) is 13.0. The van der Waals surface area contributed by atoms with Crippen molar-refractivity contribution >= 4 is 38.9 Å². The first-order valence-electron chi connectivity index (χ1n) is 5.81. The molecular weight excluding hydrogens is 326 g/mol. The van der Waals surface area contributed by atoms with E-state index in [1.54, 1.807) is 23.5 Å². The molecule has 1 heterocycles. The highest BCUT2D eigenvalue weighted by Crippen LogP contribution is 2.23. The fourth-order valence-electron chi connectivity index (χ4n) is 1.66. The van der Waals surface area contributed by atoms with Crippen LogP contribution in [-0.4, -0.2) is 5.97 Å². The second kappa shape index (κ2) is 6.21. The molecule has 0 radical (unpaired) electrons. The third-order valence-electron chi connectivity index (χ3n) is 2.74. The van der Waals surface area contributed by atoms with Gasteiger partial charge in [-0.3, -0.25) is 4.79 Å². The molecular formula is C14H14BrNO2S. The van der Waals surface area contributed by atoms with Gasteiger partial charge in [0.15, 0.2) is 0 Å². The van der Waals surface area contributed by atoms with Crippen LogP contribution in [0.15, 0.2) is 40.2 Å². The van der Waals surface area contributed by atoms with Gasteiger partial charge in [0, 0.05) is 20.4 Å². The Labute approximate surface area is 124 Å². The van der Waals surface area contributed by atoms with Crippen LogP contribution in [0.2, 0.25) is 0 Å². The lowest BCUT2D eigenvalue weighted by atomic mass is 10.0. The zero-order valence-corrected chi connectivity index (χ0v) is 12.8. The van der Waals surface area contributed by atoms with E-state index >= 15 is 0 Å². The molecule has 1 atom stereocenters. The number of anilines is 1. The number of hydrogen-bond acceptors (Lipinski definition) is 4. The van der Waals surface area contributed by atoms with Gasteiger partial charge in [0.05, 0.1) is 5.92 Å². The van der Waals surface area contributed by atoms with Crippen molar-refractivity contribution in [2.45, 2.75) is 19.4 Å². The zero-order valence-electron chi connectivity index (χ0n) is 10.4. The number of carbonyl (C=O) groups excluding carboxylic acids is 1. The topological polar surface area (TPSA) is 52.3 Å². The average Bonchev–Trinajstić information content (AvgIpc) is 2.81. The summed E-state index contributed by atoms with van der Waals surface area (Å²) in [6.07, 6.45) is 0. The summed E-state index contributed by atoms with van der Waals surface area (Å²) < 4.78 is 6.31. The maximum absolute atomic E-state index is 12.0. The quantitative estimate of drug-likeness (QED) is 0.678. The summed E-state index contributed by atoms with van der Waals surface area (Å²) in [5.41, 5.74) is 7.23. The Morgan fingerprint density at radius 3 is 2.89 bits per heavy atom. The van der Waals surface area contributed by atoms with Crippen LogP contribution in [0.3, 0.4) is 0 Å². The van der Waals surface area contributed by atoms with Crippen molar-refractivity contribution in [1.82, 2.24) is 0 Å². The number of ether oxygens (including phenoxy) is 1. The lowest BCUT2D eigenvalue weighted by Crippen LogP contribution is -2.13. The summed E-state index contributed by atoms with van der Waals surface area (Å²) in [7, 11) is 0. The minimum atomic E-state index is -0.313. The predicted molar refractivity (Wildman–Crippen MR) is 81.1 cm³/mol. The molecule has 2 aromatic rings. The molecule has 0 saturated carbocycles. The molecule has 0 aliphatic carbocycles. The van der Waals surface area contributed by atoms with E-state index in [0.29, 0.717) is 12.3 Å². The Morgan fingerprint density at radius 2 is 2.26 bits per heavy atom. The van der Waals surface area contributed by atoms with Crippen molar-refractivity contribution in [2.75, 3.05) is 5.73 Å². The van der Waals surface area contributed by atoms with Gasteiger partial charge in [-0.2, -0.15) is 0 Å². The van der Waals surface area contributed by atoms with Crippen molar-refractivity contribution in [3.63, 3.8) is 0 Å². The largest absolute Gasteiger partial charge is 0.460 e. The monoisotopic (exact) mass is 339 g/mol. The van der Waals surface area contributed by atoms with Crippen LogP contribution in [-0.2, 0) is 16.1 Å². The van der Waals surface area contributed by atoms with Crippen molar-refractivity contribution in [2.24, 2.45) is 0 Å². The fraction of sp³-hybridized carbons (Fsp3) is 0.214. The molecule has 1 aromatic carbocycles. The minimum Gasteiger partial charge on any atom is -0.460 e. The van der Waals surface area contributed by atoms with Gasteiger partial charge in [0.2, 0.25) is 0 Å². The molecule has 19 heavy (non-hydrogen) atoms. The molecule has 0 fully saturated rings. The molecule has 100 valence electrons. The number of carbonyl (C=O) groups is 1. The molecule has 0 bridgehead atoms. The van der Waals surface area contributed by atoms with Gasteiger partial charge in [-0.25, -0.2) is 0 Å². The Hall–Kier alpha value is -1.33. The smallest absolute Gasteiger partial charge is 0.313 e. The van der Waals surface area contributed by atoms with Crippen molar-refractivity contribution in [3.05, 3.63) is 50.6 Å². The van der Waals surface area contributed by atoms with Crippen LogP contribution in [0.4, 0.5) is 5.69 Å². The number of nitrogens with two attached hydrogens (primary N) is 1. The van der Waals surface area contributed by atoms with Gasteiger partial charge in [-0.05, 0) is 46.6 Å². The summed E-state index contributed by atoms with van der Waals surface area (Å²) in [5, 5.41) is 1.96. The summed E-state index contributed by atoms with van der Waals surface area (Å²) in [5.74, 6) is -0.554. The molecule has 0 aliphatic heterocycles. The highest BCUT2D eigenvalue weighted by molar-refractivity contribution is 9.10. The molecule has 0 amide bonds. The molecule has 3 nitrogen and oxygen atoms in total. The molecule has 0 aliphatic rings. The van der Waals surface area contributed by atoms with Gasteiger partial charge in [0.1, 0.15) is 6.61 Å². The van der Waals surface area contributed by atoms with Crippen LogP contribution in [0.25, 0.3) is 0 Å². The summed E-state index contributed by atoms with van der Waals surface area (Å²) in [6.45, 7) is 2.13. The molecule has 1 aromatic heterocycles. The second-order valence-corrected chi connectivity index (χ2v) is 6.14. The van der Waals surface area contributed by atoms with Gasteiger partial charge < -0.3 is 10.5 Å².